The number of anilines is 1. The Balaban J connectivity index is 3.64. The molecule has 0 spiro atoms. The molecule has 0 aliphatic carbocycles. The van der Waals surface area contributed by atoms with Crippen molar-refractivity contribution in [2.24, 2.45) is 0 Å². The lowest BCUT2D eigenvalue weighted by molar-refractivity contribution is -0.386. The Kier molecular flexibility index (Phi) is 7.04. The van der Waals surface area contributed by atoms with Gasteiger partial charge in [-0.2, -0.15) is 26.3 Å². The van der Waals surface area contributed by atoms with E-state index >= 15 is 0 Å². The van der Waals surface area contributed by atoms with Crippen molar-refractivity contribution in [3.05, 3.63) is 45.6 Å². The molecule has 1 rings (SSSR count). The zero-order valence-electron chi connectivity index (χ0n) is 14.9. The number of nitro groups is 1. The number of alkyl halides is 6. The van der Waals surface area contributed by atoms with Gasteiger partial charge in [-0.05, 0) is 6.07 Å². The molecule has 166 valence electrons. The molecular formula is C15H12F6N2O7. The Hall–Kier alpha value is -3.36. The minimum atomic E-state index is -6.27. The quantitative estimate of drug-likeness (QED) is 0.224. The van der Waals surface area contributed by atoms with Gasteiger partial charge in [-0.3, -0.25) is 10.1 Å². The molecular weight excluding hydrogens is 434 g/mol. The number of hydrogen-bond donors (Lipinski definition) is 2. The summed E-state index contributed by atoms with van der Waals surface area (Å²) in [5, 5.41) is 22.6. The number of ether oxygens (including phenoxy) is 2. The van der Waals surface area contributed by atoms with Crippen molar-refractivity contribution in [3.8, 4) is 0 Å². The summed E-state index contributed by atoms with van der Waals surface area (Å²) in [4.78, 5) is 32.8. The third kappa shape index (κ3) is 4.79. The molecule has 9 nitrogen and oxygen atoms in total. The number of nitrogens with one attached hydrogen (secondary N) is 1. The van der Waals surface area contributed by atoms with Crippen molar-refractivity contribution in [1.29, 1.82) is 0 Å². The van der Waals surface area contributed by atoms with Crippen molar-refractivity contribution in [2.45, 2.75) is 18.0 Å². The number of benzene rings is 1. The van der Waals surface area contributed by atoms with Crippen molar-refractivity contribution < 1.29 is 55.4 Å². The second kappa shape index (κ2) is 8.56. The number of halogens is 6. The predicted molar refractivity (Wildman–Crippen MR) is 84.8 cm³/mol. The van der Waals surface area contributed by atoms with E-state index in [0.29, 0.717) is 12.1 Å². The number of carbonyl (C=O) groups is 2. The van der Waals surface area contributed by atoms with Gasteiger partial charge in [-0.1, -0.05) is 6.07 Å². The maximum Gasteiger partial charge on any atom is 0.430 e. The molecule has 0 unspecified atom stereocenters. The summed E-state index contributed by atoms with van der Waals surface area (Å²) in [6.45, 7) is 0. The van der Waals surface area contributed by atoms with Crippen LogP contribution in [0.2, 0.25) is 0 Å². The normalized spacial score (nSPS) is 12.9. The average Bonchev–Trinajstić information content (AvgIpc) is 2.64. The van der Waals surface area contributed by atoms with Gasteiger partial charge in [-0.25, -0.2) is 9.59 Å². The first-order chi connectivity index (χ1) is 13.6. The van der Waals surface area contributed by atoms with Gasteiger partial charge < -0.3 is 19.9 Å². The van der Waals surface area contributed by atoms with Gasteiger partial charge in [-0.15, -0.1) is 0 Å². The number of nitro benzene ring substituents is 1. The number of methoxy groups -OCH3 is 2. The van der Waals surface area contributed by atoms with Crippen LogP contribution in [0.3, 0.4) is 0 Å². The van der Waals surface area contributed by atoms with E-state index in [4.69, 9.17) is 0 Å². The Morgan fingerprint density at radius 2 is 1.63 bits per heavy atom. The molecule has 0 amide bonds. The highest BCUT2D eigenvalue weighted by molar-refractivity contribution is 5.99. The van der Waals surface area contributed by atoms with Crippen LogP contribution in [0.25, 0.3) is 0 Å². The summed E-state index contributed by atoms with van der Waals surface area (Å²) in [6, 6.07) is 0.323. The molecule has 2 N–H and O–H groups in total. The molecule has 0 heterocycles. The topological polar surface area (TPSA) is 128 Å². The largest absolute Gasteiger partial charge is 0.466 e. The van der Waals surface area contributed by atoms with Gasteiger partial charge in [0.25, 0.3) is 11.3 Å². The molecule has 0 aliphatic heterocycles. The summed E-state index contributed by atoms with van der Waals surface area (Å²) in [7, 11) is 1.78. The average molecular weight is 446 g/mol. The Morgan fingerprint density at radius 1 is 1.10 bits per heavy atom. The van der Waals surface area contributed by atoms with E-state index in [1.54, 1.807) is 0 Å². The Morgan fingerprint density at radius 3 is 2.03 bits per heavy atom. The van der Waals surface area contributed by atoms with Crippen molar-refractivity contribution in [2.75, 3.05) is 19.5 Å². The second-order valence-electron chi connectivity index (χ2n) is 5.39. The first kappa shape index (κ1) is 24.7. The SMILES string of the molecule is COC(=O)/C=C(/Nc1ccc(C(O)(C(F)(F)F)C(F)(F)F)cc1[N+](=O)[O-])C(=O)OC. The standard InChI is InChI=1S/C15H12F6N2O7/c1-29-11(24)6-9(12(25)30-2)22-8-4-3-7(5-10(8)23(27)28)13(26,14(16,17)18)15(19,20)21/h3-6,22,26H,1-2H3/b9-6+. The summed E-state index contributed by atoms with van der Waals surface area (Å²) in [5.74, 6) is -2.40. The van der Waals surface area contributed by atoms with Crippen LogP contribution in [0.5, 0.6) is 0 Å². The highest BCUT2D eigenvalue weighted by atomic mass is 19.4. The van der Waals surface area contributed by atoms with Crippen LogP contribution >= 0.6 is 0 Å². The number of hydrogen-bond acceptors (Lipinski definition) is 8. The van der Waals surface area contributed by atoms with Crippen LogP contribution in [0, 0.1) is 10.1 Å². The van der Waals surface area contributed by atoms with E-state index in [0.717, 1.165) is 14.2 Å². The maximum absolute atomic E-state index is 13.0. The van der Waals surface area contributed by atoms with Gasteiger partial charge in [0.05, 0.1) is 25.2 Å². The van der Waals surface area contributed by atoms with E-state index < -0.39 is 57.5 Å². The van der Waals surface area contributed by atoms with E-state index in [1.807, 2.05) is 5.32 Å². The lowest BCUT2D eigenvalue weighted by Crippen LogP contribution is -2.53. The third-order valence-electron chi connectivity index (χ3n) is 3.57. The van der Waals surface area contributed by atoms with Gasteiger partial charge in [0.2, 0.25) is 0 Å². The fraction of sp³-hybridized carbons (Fsp3) is 0.333. The van der Waals surface area contributed by atoms with Crippen LogP contribution in [-0.4, -0.2) is 48.5 Å². The number of rotatable bonds is 6. The highest BCUT2D eigenvalue weighted by Crippen LogP contribution is 2.51. The summed E-state index contributed by atoms with van der Waals surface area (Å²) in [6.07, 6.45) is -12.1. The maximum atomic E-state index is 13.0. The van der Waals surface area contributed by atoms with Gasteiger partial charge in [0, 0.05) is 11.6 Å². The third-order valence-corrected chi connectivity index (χ3v) is 3.57. The molecule has 30 heavy (non-hydrogen) atoms. The van der Waals surface area contributed by atoms with Gasteiger partial charge in [0.1, 0.15) is 11.4 Å². The molecule has 0 aromatic heterocycles. The number of nitrogens with zero attached hydrogens (tertiary/aromatic N) is 1. The fourth-order valence-electron chi connectivity index (χ4n) is 2.08. The van der Waals surface area contributed by atoms with Crippen LogP contribution in [0.1, 0.15) is 5.56 Å². The van der Waals surface area contributed by atoms with E-state index in [2.05, 4.69) is 9.47 Å². The molecule has 0 atom stereocenters. The smallest absolute Gasteiger partial charge is 0.430 e. The molecule has 0 bridgehead atoms. The first-order valence-electron chi connectivity index (χ1n) is 7.39. The number of carbonyl (C=O) groups excluding carboxylic acids is 2. The molecule has 0 aliphatic rings. The van der Waals surface area contributed by atoms with Crippen LogP contribution in [0.4, 0.5) is 37.7 Å². The first-order valence-corrected chi connectivity index (χ1v) is 7.39. The highest BCUT2D eigenvalue weighted by Gasteiger charge is 2.71. The molecule has 0 fully saturated rings. The number of aliphatic hydroxyl groups is 1. The minimum Gasteiger partial charge on any atom is -0.466 e. The van der Waals surface area contributed by atoms with Crippen molar-refractivity contribution >= 4 is 23.3 Å². The molecule has 1 aromatic carbocycles. The predicted octanol–water partition coefficient (Wildman–Crippen LogP) is 2.55. The Bertz CT molecular complexity index is 865. The fourth-order valence-corrected chi connectivity index (χ4v) is 2.08. The number of esters is 2. The molecule has 0 radical (unpaired) electrons. The van der Waals surface area contributed by atoms with E-state index in [-0.39, 0.29) is 12.1 Å². The zero-order valence-corrected chi connectivity index (χ0v) is 14.9. The van der Waals surface area contributed by atoms with Crippen LogP contribution < -0.4 is 5.32 Å². The van der Waals surface area contributed by atoms with Crippen LogP contribution in [0.15, 0.2) is 30.0 Å². The molecule has 15 heteroatoms. The molecule has 1 aromatic rings. The second-order valence-corrected chi connectivity index (χ2v) is 5.39. The van der Waals surface area contributed by atoms with Crippen LogP contribution in [-0.2, 0) is 24.7 Å². The van der Waals surface area contributed by atoms with E-state index in [1.165, 1.54) is 0 Å². The lowest BCUT2D eigenvalue weighted by atomic mass is 9.91. The lowest BCUT2D eigenvalue weighted by Gasteiger charge is -2.32. The van der Waals surface area contributed by atoms with Crippen molar-refractivity contribution in [1.82, 2.24) is 0 Å². The molecule has 0 saturated heterocycles. The monoisotopic (exact) mass is 446 g/mol. The molecule has 0 saturated carbocycles. The summed E-state index contributed by atoms with van der Waals surface area (Å²) in [5.41, 5.74) is -10.2. The summed E-state index contributed by atoms with van der Waals surface area (Å²) >= 11 is 0. The van der Waals surface area contributed by atoms with Gasteiger partial charge >= 0.3 is 24.3 Å². The summed E-state index contributed by atoms with van der Waals surface area (Å²) < 4.78 is 86.5. The van der Waals surface area contributed by atoms with Gasteiger partial charge in [0.15, 0.2) is 0 Å². The Labute approximate surface area is 163 Å². The van der Waals surface area contributed by atoms with Crippen molar-refractivity contribution in [3.63, 3.8) is 0 Å². The zero-order chi connectivity index (χ0) is 23.5. The van der Waals surface area contributed by atoms with E-state index in [9.17, 15) is 51.2 Å². The minimum absolute atomic E-state index is 0.114.